The predicted molar refractivity (Wildman–Crippen MR) is 124 cm³/mol. The fourth-order valence-corrected chi connectivity index (χ4v) is 3.42. The lowest BCUT2D eigenvalue weighted by Gasteiger charge is -2.18. The van der Waals surface area contributed by atoms with Gasteiger partial charge in [-0.15, -0.1) is 0 Å². The predicted octanol–water partition coefficient (Wildman–Crippen LogP) is 4.46. The minimum Gasteiger partial charge on any atom is -0.478 e. The molecule has 2 amide bonds. The van der Waals surface area contributed by atoms with E-state index in [0.29, 0.717) is 24.5 Å². The first-order chi connectivity index (χ1) is 15.3. The molecule has 0 aliphatic rings. The molecular weight excluding hydrogens is 476 g/mol. The fraction of sp³-hybridized carbons (Fsp3) is 0.125. The first-order valence-corrected chi connectivity index (χ1v) is 10.4. The fourth-order valence-electron chi connectivity index (χ4n) is 3.16. The molecule has 32 heavy (non-hydrogen) atoms. The molecule has 3 rings (SSSR count). The lowest BCUT2D eigenvalue weighted by molar-refractivity contribution is -0.127. The van der Waals surface area contributed by atoms with Crippen molar-refractivity contribution in [3.05, 3.63) is 87.2 Å². The maximum atomic E-state index is 12.9. The summed E-state index contributed by atoms with van der Waals surface area (Å²) in [6.45, 7) is 2.16. The van der Waals surface area contributed by atoms with E-state index in [-0.39, 0.29) is 17.2 Å². The summed E-state index contributed by atoms with van der Waals surface area (Å²) in [5.74, 6) is -0.485. The Morgan fingerprint density at radius 2 is 1.84 bits per heavy atom. The molecule has 0 aliphatic carbocycles. The Bertz CT molecular complexity index is 1180. The summed E-state index contributed by atoms with van der Waals surface area (Å²) in [6.07, 6.45) is 1.90. The van der Waals surface area contributed by atoms with E-state index in [9.17, 15) is 14.4 Å². The molecule has 0 aliphatic heterocycles. The molecule has 3 aromatic rings. The number of hydrogen-bond acceptors (Lipinski definition) is 4. The summed E-state index contributed by atoms with van der Waals surface area (Å²) < 4.78 is 6.78. The van der Waals surface area contributed by atoms with Crippen molar-refractivity contribution >= 4 is 40.3 Å². The van der Waals surface area contributed by atoms with Crippen LogP contribution in [0.25, 0.3) is 17.4 Å². The van der Waals surface area contributed by atoms with E-state index in [0.717, 1.165) is 21.2 Å². The highest BCUT2D eigenvalue weighted by Gasteiger charge is 2.17. The van der Waals surface area contributed by atoms with Gasteiger partial charge in [0.1, 0.15) is 17.2 Å². The van der Waals surface area contributed by atoms with Gasteiger partial charge in [-0.3, -0.25) is 9.59 Å². The van der Waals surface area contributed by atoms with Crippen LogP contribution in [0.4, 0.5) is 0 Å². The second-order valence-corrected chi connectivity index (χ2v) is 8.06. The quantitative estimate of drug-likeness (QED) is 0.354. The summed E-state index contributed by atoms with van der Waals surface area (Å²) in [4.78, 5) is 36.6. The lowest BCUT2D eigenvalue weighted by Crippen LogP contribution is -2.32. The number of carboxylic acid groups (broad SMARTS) is 1. The summed E-state index contributed by atoms with van der Waals surface area (Å²) >= 11 is 3.38. The number of amides is 2. The molecule has 1 heterocycles. The SMILES string of the molecule is Cc1cc(C(=O)O)ccc1-c1ccc(/C=C(/NC=O)C(=O)N(C)Cc2ccc(Br)cc2)o1. The topological polar surface area (TPSA) is 99.8 Å². The normalized spacial score (nSPS) is 11.2. The maximum absolute atomic E-state index is 12.9. The standard InChI is InChI=1S/C24H21BrN2O5/c1-15-11-17(24(30)31)5-9-20(15)22-10-8-19(32-22)12-21(26-14-28)23(29)27(2)13-16-3-6-18(25)7-4-16/h3-12,14H,13H2,1-2H3,(H,26,28)(H,30,31)/b21-12+. The Morgan fingerprint density at radius 3 is 2.47 bits per heavy atom. The van der Waals surface area contributed by atoms with Gasteiger partial charge >= 0.3 is 5.97 Å². The maximum Gasteiger partial charge on any atom is 0.335 e. The van der Waals surface area contributed by atoms with E-state index in [1.54, 1.807) is 38.2 Å². The van der Waals surface area contributed by atoms with Crippen LogP contribution in [-0.2, 0) is 16.1 Å². The Kier molecular flexibility index (Phi) is 7.27. The van der Waals surface area contributed by atoms with Gasteiger partial charge < -0.3 is 19.7 Å². The molecule has 2 N–H and O–H groups in total. The number of rotatable bonds is 8. The number of benzene rings is 2. The molecular formula is C24H21BrN2O5. The number of aryl methyl sites for hydroxylation is 1. The Balaban J connectivity index is 1.82. The first kappa shape index (κ1) is 23.0. The van der Waals surface area contributed by atoms with Crippen LogP contribution in [0, 0.1) is 6.92 Å². The zero-order valence-corrected chi connectivity index (χ0v) is 19.0. The highest BCUT2D eigenvalue weighted by molar-refractivity contribution is 9.10. The Hall–Kier alpha value is -3.65. The molecule has 0 saturated carbocycles. The number of furan rings is 1. The van der Waals surface area contributed by atoms with Gasteiger partial charge in [-0.05, 0) is 54.4 Å². The molecule has 8 heteroatoms. The highest BCUT2D eigenvalue weighted by atomic mass is 79.9. The van der Waals surface area contributed by atoms with Crippen LogP contribution in [0.1, 0.15) is 27.2 Å². The van der Waals surface area contributed by atoms with Crippen LogP contribution in [-0.4, -0.2) is 35.3 Å². The molecule has 7 nitrogen and oxygen atoms in total. The Labute approximate surface area is 193 Å². The molecule has 0 radical (unpaired) electrons. The van der Waals surface area contributed by atoms with E-state index in [1.165, 1.54) is 17.0 Å². The van der Waals surface area contributed by atoms with Crippen molar-refractivity contribution in [3.63, 3.8) is 0 Å². The summed E-state index contributed by atoms with van der Waals surface area (Å²) in [6, 6.07) is 15.7. The molecule has 1 aromatic heterocycles. The largest absolute Gasteiger partial charge is 0.478 e. The molecule has 0 atom stereocenters. The van der Waals surface area contributed by atoms with E-state index in [1.807, 2.05) is 24.3 Å². The summed E-state index contributed by atoms with van der Waals surface area (Å²) in [5, 5.41) is 11.6. The lowest BCUT2D eigenvalue weighted by atomic mass is 10.0. The molecule has 164 valence electrons. The van der Waals surface area contributed by atoms with Crippen LogP contribution >= 0.6 is 15.9 Å². The van der Waals surface area contributed by atoms with E-state index in [4.69, 9.17) is 9.52 Å². The number of halogens is 1. The van der Waals surface area contributed by atoms with Gasteiger partial charge in [0.25, 0.3) is 5.91 Å². The first-order valence-electron chi connectivity index (χ1n) is 9.64. The van der Waals surface area contributed by atoms with Crippen LogP contribution in [0.5, 0.6) is 0 Å². The third kappa shape index (κ3) is 5.53. The molecule has 0 bridgehead atoms. The number of likely N-dealkylation sites (N-methyl/N-ethyl adjacent to an activating group) is 1. The van der Waals surface area contributed by atoms with Gasteiger partial charge in [-0.25, -0.2) is 4.79 Å². The number of aromatic carboxylic acids is 1. The second-order valence-electron chi connectivity index (χ2n) is 7.14. The van der Waals surface area contributed by atoms with Crippen molar-refractivity contribution in [2.75, 3.05) is 7.05 Å². The van der Waals surface area contributed by atoms with Gasteiger partial charge in [0, 0.05) is 29.7 Å². The van der Waals surface area contributed by atoms with Crippen molar-refractivity contribution in [2.45, 2.75) is 13.5 Å². The third-order valence-electron chi connectivity index (χ3n) is 4.78. The van der Waals surface area contributed by atoms with Gasteiger partial charge in [-0.1, -0.05) is 34.1 Å². The van der Waals surface area contributed by atoms with Crippen LogP contribution in [0.15, 0.2) is 69.2 Å². The number of nitrogens with zero attached hydrogens (tertiary/aromatic N) is 1. The number of nitrogens with one attached hydrogen (secondary N) is 1. The number of carboxylic acids is 1. The summed E-state index contributed by atoms with van der Waals surface area (Å²) in [5.41, 5.74) is 2.67. The second kappa shape index (κ2) is 10.1. The van der Waals surface area contributed by atoms with Gasteiger partial charge in [0.2, 0.25) is 6.41 Å². The van der Waals surface area contributed by atoms with E-state index >= 15 is 0 Å². The minimum absolute atomic E-state index is 0.0680. The minimum atomic E-state index is -1.00. The molecule has 2 aromatic carbocycles. The zero-order chi connectivity index (χ0) is 23.3. The van der Waals surface area contributed by atoms with Crippen LogP contribution in [0.2, 0.25) is 0 Å². The van der Waals surface area contributed by atoms with E-state index < -0.39 is 5.97 Å². The van der Waals surface area contributed by atoms with Gasteiger partial charge in [0.15, 0.2) is 0 Å². The smallest absolute Gasteiger partial charge is 0.335 e. The van der Waals surface area contributed by atoms with Crippen molar-refractivity contribution in [2.24, 2.45) is 0 Å². The van der Waals surface area contributed by atoms with Crippen molar-refractivity contribution < 1.29 is 23.9 Å². The highest BCUT2D eigenvalue weighted by Crippen LogP contribution is 2.27. The third-order valence-corrected chi connectivity index (χ3v) is 5.31. The molecule has 0 fully saturated rings. The average molecular weight is 497 g/mol. The molecule has 0 unspecified atom stereocenters. The van der Waals surface area contributed by atoms with Crippen molar-refractivity contribution in [1.29, 1.82) is 0 Å². The average Bonchev–Trinajstić information content (AvgIpc) is 3.22. The Morgan fingerprint density at radius 1 is 1.12 bits per heavy atom. The summed E-state index contributed by atoms with van der Waals surface area (Å²) in [7, 11) is 1.64. The number of carbonyl (C=O) groups excluding carboxylic acids is 2. The number of hydrogen-bond donors (Lipinski definition) is 2. The van der Waals surface area contributed by atoms with E-state index in [2.05, 4.69) is 21.2 Å². The van der Waals surface area contributed by atoms with Gasteiger partial charge in [0.05, 0.1) is 5.56 Å². The van der Waals surface area contributed by atoms with Crippen molar-refractivity contribution in [1.82, 2.24) is 10.2 Å². The van der Waals surface area contributed by atoms with Gasteiger partial charge in [-0.2, -0.15) is 0 Å². The zero-order valence-electron chi connectivity index (χ0n) is 17.5. The molecule has 0 saturated heterocycles. The molecule has 0 spiro atoms. The van der Waals surface area contributed by atoms with Crippen LogP contribution < -0.4 is 5.32 Å². The monoisotopic (exact) mass is 496 g/mol. The van der Waals surface area contributed by atoms with Crippen molar-refractivity contribution in [3.8, 4) is 11.3 Å². The van der Waals surface area contributed by atoms with Crippen LogP contribution in [0.3, 0.4) is 0 Å². The number of carbonyl (C=O) groups is 3.